The maximum absolute atomic E-state index is 12.4. The van der Waals surface area contributed by atoms with Crippen LogP contribution in [0, 0.1) is 5.92 Å². The SMILES string of the molecule is CCC(CNC(=O)N(C)C1CCC(CO)CC1)c1ccccc1. The van der Waals surface area contributed by atoms with Gasteiger partial charge in [-0.1, -0.05) is 37.3 Å². The van der Waals surface area contributed by atoms with Gasteiger partial charge in [0.2, 0.25) is 0 Å². The van der Waals surface area contributed by atoms with Crippen LogP contribution in [0.25, 0.3) is 0 Å². The molecule has 23 heavy (non-hydrogen) atoms. The van der Waals surface area contributed by atoms with E-state index in [0.717, 1.165) is 32.1 Å². The lowest BCUT2D eigenvalue weighted by Crippen LogP contribution is -2.46. The van der Waals surface area contributed by atoms with Gasteiger partial charge in [0.15, 0.2) is 0 Å². The molecule has 4 nitrogen and oxygen atoms in total. The van der Waals surface area contributed by atoms with Gasteiger partial charge >= 0.3 is 6.03 Å². The first kappa shape index (κ1) is 17.8. The highest BCUT2D eigenvalue weighted by molar-refractivity contribution is 5.74. The molecule has 1 fully saturated rings. The number of rotatable bonds is 6. The fourth-order valence-corrected chi connectivity index (χ4v) is 3.44. The number of aliphatic hydroxyl groups is 1. The van der Waals surface area contributed by atoms with Crippen molar-refractivity contribution < 1.29 is 9.90 Å². The molecule has 128 valence electrons. The number of aliphatic hydroxyl groups excluding tert-OH is 1. The molecule has 0 radical (unpaired) electrons. The van der Waals surface area contributed by atoms with Crippen LogP contribution in [0.1, 0.15) is 50.5 Å². The average molecular weight is 318 g/mol. The van der Waals surface area contributed by atoms with Crippen LogP contribution < -0.4 is 5.32 Å². The number of hydrogen-bond donors (Lipinski definition) is 2. The summed E-state index contributed by atoms with van der Waals surface area (Å²) in [6.45, 7) is 3.11. The molecule has 0 spiro atoms. The minimum absolute atomic E-state index is 0.0202. The summed E-state index contributed by atoms with van der Waals surface area (Å²) >= 11 is 0. The summed E-state index contributed by atoms with van der Waals surface area (Å²) in [5.41, 5.74) is 1.28. The van der Waals surface area contributed by atoms with Crippen molar-refractivity contribution in [1.82, 2.24) is 10.2 Å². The molecule has 4 heteroatoms. The van der Waals surface area contributed by atoms with Crippen molar-refractivity contribution in [2.45, 2.75) is 51.0 Å². The number of carbonyl (C=O) groups is 1. The molecular weight excluding hydrogens is 288 g/mol. The number of benzene rings is 1. The lowest BCUT2D eigenvalue weighted by atomic mass is 9.86. The fourth-order valence-electron chi connectivity index (χ4n) is 3.44. The van der Waals surface area contributed by atoms with Gasteiger partial charge in [0, 0.05) is 32.2 Å². The van der Waals surface area contributed by atoms with E-state index >= 15 is 0 Å². The van der Waals surface area contributed by atoms with Gasteiger partial charge in [-0.15, -0.1) is 0 Å². The zero-order valence-corrected chi connectivity index (χ0v) is 14.4. The van der Waals surface area contributed by atoms with Crippen molar-refractivity contribution in [2.75, 3.05) is 20.2 Å². The number of nitrogens with one attached hydrogen (secondary N) is 1. The third-order valence-electron chi connectivity index (χ3n) is 5.21. The minimum atomic E-state index is 0.0202. The second-order valence-corrected chi connectivity index (χ2v) is 6.67. The Hall–Kier alpha value is -1.55. The Morgan fingerprint density at radius 2 is 1.91 bits per heavy atom. The lowest BCUT2D eigenvalue weighted by molar-refractivity contribution is 0.134. The van der Waals surface area contributed by atoms with Crippen molar-refractivity contribution in [3.8, 4) is 0 Å². The first-order valence-electron chi connectivity index (χ1n) is 8.82. The average Bonchev–Trinajstić information content (AvgIpc) is 2.62. The van der Waals surface area contributed by atoms with Crippen LogP contribution in [-0.4, -0.2) is 42.3 Å². The van der Waals surface area contributed by atoms with Gasteiger partial charge in [0.05, 0.1) is 0 Å². The summed E-state index contributed by atoms with van der Waals surface area (Å²) in [5, 5.41) is 12.3. The molecular formula is C19H30N2O2. The van der Waals surface area contributed by atoms with Crippen LogP contribution in [0.2, 0.25) is 0 Å². The Morgan fingerprint density at radius 1 is 1.26 bits per heavy atom. The molecule has 1 aliphatic rings. The van der Waals surface area contributed by atoms with Gasteiger partial charge in [-0.05, 0) is 43.6 Å². The van der Waals surface area contributed by atoms with Crippen molar-refractivity contribution in [3.05, 3.63) is 35.9 Å². The molecule has 1 atom stereocenters. The van der Waals surface area contributed by atoms with Crippen molar-refractivity contribution in [2.24, 2.45) is 5.92 Å². The van der Waals surface area contributed by atoms with Crippen molar-refractivity contribution in [1.29, 1.82) is 0 Å². The highest BCUT2D eigenvalue weighted by atomic mass is 16.3. The van der Waals surface area contributed by atoms with Gasteiger partial charge in [0.1, 0.15) is 0 Å². The van der Waals surface area contributed by atoms with E-state index in [1.165, 1.54) is 5.56 Å². The van der Waals surface area contributed by atoms with E-state index in [1.54, 1.807) is 0 Å². The third-order valence-corrected chi connectivity index (χ3v) is 5.21. The first-order chi connectivity index (χ1) is 11.2. The Balaban J connectivity index is 1.81. The highest BCUT2D eigenvalue weighted by Gasteiger charge is 2.26. The van der Waals surface area contributed by atoms with E-state index in [-0.39, 0.29) is 12.6 Å². The molecule has 1 aliphatic carbocycles. The van der Waals surface area contributed by atoms with Gasteiger partial charge in [-0.3, -0.25) is 0 Å². The normalized spacial score (nSPS) is 22.4. The second kappa shape index (κ2) is 8.92. The monoisotopic (exact) mass is 318 g/mol. The first-order valence-corrected chi connectivity index (χ1v) is 8.82. The Labute approximate surface area is 139 Å². The zero-order valence-electron chi connectivity index (χ0n) is 14.4. The lowest BCUT2D eigenvalue weighted by Gasteiger charge is -2.34. The maximum atomic E-state index is 12.4. The standard InChI is InChI=1S/C19H30N2O2/c1-3-16(17-7-5-4-6-8-17)13-20-19(23)21(2)18-11-9-15(14-22)10-12-18/h4-8,15-16,18,22H,3,9-14H2,1-2H3,(H,20,23). The summed E-state index contributed by atoms with van der Waals surface area (Å²) in [4.78, 5) is 14.3. The van der Waals surface area contributed by atoms with E-state index in [4.69, 9.17) is 0 Å². The van der Waals surface area contributed by atoms with Gasteiger partial charge < -0.3 is 15.3 Å². The topological polar surface area (TPSA) is 52.6 Å². The quantitative estimate of drug-likeness (QED) is 0.845. The van der Waals surface area contributed by atoms with Crippen LogP contribution in [0.4, 0.5) is 4.79 Å². The number of nitrogens with zero attached hydrogens (tertiary/aromatic N) is 1. The summed E-state index contributed by atoms with van der Waals surface area (Å²) in [6.07, 6.45) is 5.02. The van der Waals surface area contributed by atoms with Crippen LogP contribution >= 0.6 is 0 Å². The predicted octanol–water partition coefficient (Wildman–Crippen LogP) is 3.37. The summed E-state index contributed by atoms with van der Waals surface area (Å²) in [7, 11) is 1.89. The molecule has 1 unspecified atom stereocenters. The van der Waals surface area contributed by atoms with E-state index in [9.17, 15) is 9.90 Å². The molecule has 1 saturated carbocycles. The zero-order chi connectivity index (χ0) is 16.7. The molecule has 1 aromatic rings. The minimum Gasteiger partial charge on any atom is -0.396 e. The van der Waals surface area contributed by atoms with Crippen LogP contribution in [-0.2, 0) is 0 Å². The van der Waals surface area contributed by atoms with E-state index < -0.39 is 0 Å². The van der Waals surface area contributed by atoms with Crippen LogP contribution in [0.15, 0.2) is 30.3 Å². The highest BCUT2D eigenvalue weighted by Crippen LogP contribution is 2.26. The van der Waals surface area contributed by atoms with Gasteiger partial charge in [-0.25, -0.2) is 4.79 Å². The summed E-state index contributed by atoms with van der Waals surface area (Å²) in [5.74, 6) is 0.781. The molecule has 2 amide bonds. The molecule has 0 heterocycles. The van der Waals surface area contributed by atoms with E-state index in [2.05, 4.69) is 24.4 Å². The smallest absolute Gasteiger partial charge is 0.317 e. The number of hydrogen-bond acceptors (Lipinski definition) is 2. The van der Waals surface area contributed by atoms with Crippen molar-refractivity contribution in [3.63, 3.8) is 0 Å². The number of carbonyl (C=O) groups excluding carboxylic acids is 1. The number of urea groups is 1. The number of amides is 2. The van der Waals surface area contributed by atoms with Gasteiger partial charge in [-0.2, -0.15) is 0 Å². The summed E-state index contributed by atoms with van der Waals surface area (Å²) < 4.78 is 0. The van der Waals surface area contributed by atoms with E-state index in [1.807, 2.05) is 30.1 Å². The van der Waals surface area contributed by atoms with Crippen LogP contribution in [0.3, 0.4) is 0 Å². The second-order valence-electron chi connectivity index (χ2n) is 6.67. The molecule has 1 aromatic carbocycles. The van der Waals surface area contributed by atoms with Crippen molar-refractivity contribution >= 4 is 6.03 Å². The van der Waals surface area contributed by atoms with E-state index in [0.29, 0.717) is 24.4 Å². The molecule has 0 saturated heterocycles. The largest absolute Gasteiger partial charge is 0.396 e. The fraction of sp³-hybridized carbons (Fsp3) is 0.632. The molecule has 0 bridgehead atoms. The van der Waals surface area contributed by atoms with Crippen LogP contribution in [0.5, 0.6) is 0 Å². The Kier molecular flexibility index (Phi) is 6.90. The van der Waals surface area contributed by atoms with Gasteiger partial charge in [0.25, 0.3) is 0 Å². The molecule has 0 aromatic heterocycles. The Bertz CT molecular complexity index is 470. The Morgan fingerprint density at radius 3 is 2.48 bits per heavy atom. The molecule has 0 aliphatic heterocycles. The molecule has 2 rings (SSSR count). The maximum Gasteiger partial charge on any atom is 0.317 e. The molecule has 2 N–H and O–H groups in total. The predicted molar refractivity (Wildman–Crippen MR) is 93.5 cm³/mol. The summed E-state index contributed by atoms with van der Waals surface area (Å²) in [6, 6.07) is 10.7. The third kappa shape index (κ3) is 4.96.